The van der Waals surface area contributed by atoms with E-state index in [1.807, 2.05) is 24.3 Å². The number of anilines is 1. The number of carboxylic acid groups (broad SMARTS) is 1. The number of hydrogen-bond acceptors (Lipinski definition) is 6. The molecular formula is C20H23N3O4. The molecule has 3 rings (SSSR count). The zero-order valence-corrected chi connectivity index (χ0v) is 15.4. The SMILES string of the molecule is COc1cccc(OC)c1-c1cc(C2CCCC2)nc(N)c1C#N.O=CO. The average Bonchev–Trinajstić information content (AvgIpc) is 3.22. The number of benzene rings is 1. The molecule has 1 aliphatic carbocycles. The van der Waals surface area contributed by atoms with Crippen molar-refractivity contribution in [2.75, 3.05) is 20.0 Å². The predicted molar refractivity (Wildman–Crippen MR) is 102 cm³/mol. The minimum absolute atomic E-state index is 0.250. The number of aromatic nitrogens is 1. The standard InChI is InChI=1S/C19H21N3O2.CH2O2/c1-23-16-8-5-9-17(24-2)18(16)13-10-15(12-6-3-4-7-12)22-19(21)14(13)11-20;2-1-3/h5,8-10,12H,3-4,6-7H2,1-2H3,(H2,21,22);1H,(H,2,3). The first-order chi connectivity index (χ1) is 13.1. The summed E-state index contributed by atoms with van der Waals surface area (Å²) in [6.07, 6.45) is 4.64. The topological polar surface area (TPSA) is 118 Å². The number of carbonyl (C=O) groups is 1. The maximum Gasteiger partial charge on any atom is 0.290 e. The van der Waals surface area contributed by atoms with Crippen LogP contribution in [0.5, 0.6) is 11.5 Å². The Morgan fingerprint density at radius 2 is 1.81 bits per heavy atom. The lowest BCUT2D eigenvalue weighted by Gasteiger charge is -2.17. The second-order valence-electron chi connectivity index (χ2n) is 6.09. The van der Waals surface area contributed by atoms with E-state index in [0.717, 1.165) is 29.7 Å². The van der Waals surface area contributed by atoms with E-state index >= 15 is 0 Å². The summed E-state index contributed by atoms with van der Waals surface area (Å²) < 4.78 is 11.0. The van der Waals surface area contributed by atoms with Gasteiger partial charge in [-0.25, -0.2) is 4.98 Å². The number of nitrogens with zero attached hydrogens (tertiary/aromatic N) is 2. The fourth-order valence-electron chi connectivity index (χ4n) is 3.45. The molecule has 0 saturated heterocycles. The Kier molecular flexibility index (Phi) is 7.00. The Morgan fingerprint density at radius 1 is 1.26 bits per heavy atom. The minimum atomic E-state index is -0.250. The predicted octanol–water partition coefficient (Wildman–Crippen LogP) is 3.58. The molecule has 1 heterocycles. The molecule has 0 atom stereocenters. The molecule has 0 amide bonds. The molecule has 27 heavy (non-hydrogen) atoms. The third-order valence-corrected chi connectivity index (χ3v) is 4.65. The molecule has 1 aromatic carbocycles. The molecule has 7 heteroatoms. The molecule has 0 bridgehead atoms. The first-order valence-electron chi connectivity index (χ1n) is 8.60. The second-order valence-corrected chi connectivity index (χ2v) is 6.09. The van der Waals surface area contributed by atoms with Gasteiger partial charge < -0.3 is 20.3 Å². The Hall–Kier alpha value is -3.27. The van der Waals surface area contributed by atoms with Gasteiger partial charge in [-0.05, 0) is 31.0 Å². The summed E-state index contributed by atoms with van der Waals surface area (Å²) in [4.78, 5) is 12.9. The van der Waals surface area contributed by atoms with Crippen LogP contribution < -0.4 is 15.2 Å². The van der Waals surface area contributed by atoms with Gasteiger partial charge in [0.1, 0.15) is 28.9 Å². The highest BCUT2D eigenvalue weighted by atomic mass is 16.5. The van der Waals surface area contributed by atoms with E-state index < -0.39 is 0 Å². The second kappa shape index (κ2) is 9.43. The fraction of sp³-hybridized carbons (Fsp3) is 0.350. The molecule has 0 unspecified atom stereocenters. The van der Waals surface area contributed by atoms with Gasteiger partial charge in [0.05, 0.1) is 19.8 Å². The molecule has 0 aliphatic heterocycles. The Labute approximate surface area is 158 Å². The van der Waals surface area contributed by atoms with Crippen LogP contribution in [-0.4, -0.2) is 30.8 Å². The van der Waals surface area contributed by atoms with E-state index in [1.165, 1.54) is 12.8 Å². The van der Waals surface area contributed by atoms with Gasteiger partial charge in [0.2, 0.25) is 0 Å². The summed E-state index contributed by atoms with van der Waals surface area (Å²) in [5, 5.41) is 16.5. The van der Waals surface area contributed by atoms with Gasteiger partial charge in [-0.2, -0.15) is 5.26 Å². The van der Waals surface area contributed by atoms with E-state index in [2.05, 4.69) is 11.1 Å². The number of methoxy groups -OCH3 is 2. The van der Waals surface area contributed by atoms with Crippen LogP contribution >= 0.6 is 0 Å². The highest BCUT2D eigenvalue weighted by molar-refractivity contribution is 5.84. The van der Waals surface area contributed by atoms with Gasteiger partial charge in [0, 0.05) is 17.2 Å². The van der Waals surface area contributed by atoms with Crippen LogP contribution in [0, 0.1) is 11.3 Å². The van der Waals surface area contributed by atoms with Crippen molar-refractivity contribution >= 4 is 12.3 Å². The summed E-state index contributed by atoms with van der Waals surface area (Å²) in [7, 11) is 3.21. The minimum Gasteiger partial charge on any atom is -0.496 e. The van der Waals surface area contributed by atoms with E-state index in [0.29, 0.717) is 23.0 Å². The Balaban J connectivity index is 0.000000817. The summed E-state index contributed by atoms with van der Waals surface area (Å²) in [5.74, 6) is 1.96. The molecule has 1 aliphatic rings. The van der Waals surface area contributed by atoms with Gasteiger partial charge in [-0.1, -0.05) is 18.9 Å². The number of nitrogens with two attached hydrogens (primary N) is 1. The van der Waals surface area contributed by atoms with Crippen molar-refractivity contribution in [3.8, 4) is 28.7 Å². The van der Waals surface area contributed by atoms with Crippen molar-refractivity contribution in [2.24, 2.45) is 0 Å². The molecular weight excluding hydrogens is 346 g/mol. The van der Waals surface area contributed by atoms with Crippen LogP contribution in [-0.2, 0) is 4.79 Å². The highest BCUT2D eigenvalue weighted by Gasteiger charge is 2.24. The third-order valence-electron chi connectivity index (χ3n) is 4.65. The Bertz CT molecular complexity index is 818. The molecule has 0 radical (unpaired) electrons. The maximum absolute atomic E-state index is 9.59. The maximum atomic E-state index is 9.59. The van der Waals surface area contributed by atoms with Gasteiger partial charge in [0.15, 0.2) is 0 Å². The summed E-state index contributed by atoms with van der Waals surface area (Å²) in [5.41, 5.74) is 8.88. The van der Waals surface area contributed by atoms with Crippen LogP contribution in [0.1, 0.15) is 42.9 Å². The van der Waals surface area contributed by atoms with E-state index in [9.17, 15) is 5.26 Å². The van der Waals surface area contributed by atoms with E-state index in [1.54, 1.807) is 14.2 Å². The van der Waals surface area contributed by atoms with Crippen LogP contribution in [0.4, 0.5) is 5.82 Å². The van der Waals surface area contributed by atoms with Crippen molar-refractivity contribution in [3.05, 3.63) is 35.5 Å². The first-order valence-corrected chi connectivity index (χ1v) is 8.60. The van der Waals surface area contributed by atoms with Crippen molar-refractivity contribution in [3.63, 3.8) is 0 Å². The highest BCUT2D eigenvalue weighted by Crippen LogP contribution is 2.43. The van der Waals surface area contributed by atoms with Crippen LogP contribution in [0.15, 0.2) is 24.3 Å². The summed E-state index contributed by atoms with van der Waals surface area (Å²) >= 11 is 0. The number of nitriles is 1. The third kappa shape index (κ3) is 4.29. The van der Waals surface area contributed by atoms with Gasteiger partial charge >= 0.3 is 0 Å². The van der Waals surface area contributed by atoms with Crippen molar-refractivity contribution < 1.29 is 19.4 Å². The number of hydrogen-bond donors (Lipinski definition) is 2. The first kappa shape index (κ1) is 20.0. The summed E-state index contributed by atoms with van der Waals surface area (Å²) in [6, 6.07) is 9.72. The molecule has 3 N–H and O–H groups in total. The lowest BCUT2D eigenvalue weighted by atomic mass is 9.94. The molecule has 1 saturated carbocycles. The number of rotatable bonds is 4. The number of ether oxygens (including phenoxy) is 2. The molecule has 1 aromatic heterocycles. The van der Waals surface area contributed by atoms with Gasteiger partial charge in [-0.15, -0.1) is 0 Å². The molecule has 7 nitrogen and oxygen atoms in total. The van der Waals surface area contributed by atoms with E-state index in [-0.39, 0.29) is 12.3 Å². The fourth-order valence-corrected chi connectivity index (χ4v) is 3.45. The van der Waals surface area contributed by atoms with Crippen LogP contribution in [0.3, 0.4) is 0 Å². The zero-order chi connectivity index (χ0) is 19.8. The van der Waals surface area contributed by atoms with Gasteiger partial charge in [0.25, 0.3) is 6.47 Å². The molecule has 0 spiro atoms. The lowest BCUT2D eigenvalue weighted by molar-refractivity contribution is -0.122. The number of nitrogen functional groups attached to an aromatic ring is 1. The van der Waals surface area contributed by atoms with Gasteiger partial charge in [-0.3, -0.25) is 4.79 Å². The largest absolute Gasteiger partial charge is 0.496 e. The van der Waals surface area contributed by atoms with Crippen molar-refractivity contribution in [1.29, 1.82) is 5.26 Å². The smallest absolute Gasteiger partial charge is 0.290 e. The monoisotopic (exact) mass is 369 g/mol. The van der Waals surface area contributed by atoms with Crippen molar-refractivity contribution in [2.45, 2.75) is 31.6 Å². The molecule has 1 fully saturated rings. The van der Waals surface area contributed by atoms with Crippen LogP contribution in [0.25, 0.3) is 11.1 Å². The quantitative estimate of drug-likeness (QED) is 0.791. The van der Waals surface area contributed by atoms with Crippen molar-refractivity contribution in [1.82, 2.24) is 4.98 Å². The molecule has 2 aromatic rings. The summed E-state index contributed by atoms with van der Waals surface area (Å²) in [6.45, 7) is -0.250. The lowest BCUT2D eigenvalue weighted by Crippen LogP contribution is -2.05. The number of pyridine rings is 1. The average molecular weight is 369 g/mol. The molecule has 142 valence electrons. The normalized spacial score (nSPS) is 13.2. The van der Waals surface area contributed by atoms with Crippen LogP contribution in [0.2, 0.25) is 0 Å². The Morgan fingerprint density at radius 3 is 2.30 bits per heavy atom. The zero-order valence-electron chi connectivity index (χ0n) is 15.4. The van der Waals surface area contributed by atoms with E-state index in [4.69, 9.17) is 25.1 Å².